The Morgan fingerprint density at radius 1 is 1.40 bits per heavy atom. The second-order valence-electron chi connectivity index (χ2n) is 4.94. The monoisotopic (exact) mass is 354 g/mol. The van der Waals surface area contributed by atoms with E-state index in [-0.39, 0.29) is 11.9 Å². The van der Waals surface area contributed by atoms with E-state index < -0.39 is 0 Å². The molecule has 106 valence electrons. The number of nitrogens with one attached hydrogen (secondary N) is 1. The summed E-state index contributed by atoms with van der Waals surface area (Å²) in [4.78, 5) is 12.4. The molecule has 0 radical (unpaired) electrons. The van der Waals surface area contributed by atoms with Crippen LogP contribution >= 0.6 is 27.5 Å². The first-order valence-corrected chi connectivity index (χ1v) is 7.51. The Hall–Kier alpha value is -1.26. The summed E-state index contributed by atoms with van der Waals surface area (Å²) in [6.45, 7) is 6.00. The van der Waals surface area contributed by atoms with E-state index in [9.17, 15) is 4.79 Å². The zero-order chi connectivity index (χ0) is 14.9. The minimum Gasteiger partial charge on any atom is -0.339 e. The summed E-state index contributed by atoms with van der Waals surface area (Å²) >= 11 is 9.49. The quantitative estimate of drug-likeness (QED) is 0.821. The van der Waals surface area contributed by atoms with Crippen molar-refractivity contribution in [1.82, 2.24) is 4.57 Å². The Labute approximate surface area is 132 Å². The van der Waals surface area contributed by atoms with E-state index in [0.29, 0.717) is 10.7 Å². The molecule has 0 fully saturated rings. The van der Waals surface area contributed by atoms with Gasteiger partial charge in [-0.2, -0.15) is 0 Å². The Kier molecular flexibility index (Phi) is 4.55. The van der Waals surface area contributed by atoms with Crippen molar-refractivity contribution in [2.24, 2.45) is 0 Å². The van der Waals surface area contributed by atoms with Crippen molar-refractivity contribution in [2.45, 2.75) is 26.8 Å². The van der Waals surface area contributed by atoms with E-state index in [4.69, 9.17) is 11.6 Å². The predicted molar refractivity (Wildman–Crippen MR) is 86.7 cm³/mol. The van der Waals surface area contributed by atoms with Crippen molar-refractivity contribution in [3.05, 3.63) is 51.2 Å². The van der Waals surface area contributed by atoms with Crippen LogP contribution in [-0.4, -0.2) is 10.5 Å². The van der Waals surface area contributed by atoms with Gasteiger partial charge < -0.3 is 9.88 Å². The van der Waals surface area contributed by atoms with Crippen molar-refractivity contribution in [2.75, 3.05) is 5.32 Å². The van der Waals surface area contributed by atoms with E-state index >= 15 is 0 Å². The zero-order valence-corrected chi connectivity index (χ0v) is 13.9. The molecule has 0 aliphatic carbocycles. The van der Waals surface area contributed by atoms with Gasteiger partial charge in [-0.25, -0.2) is 0 Å². The average molecular weight is 356 g/mol. The Morgan fingerprint density at radius 2 is 2.10 bits per heavy atom. The molecule has 0 bridgehead atoms. The number of carbonyl (C=O) groups is 1. The minimum absolute atomic E-state index is 0.170. The number of hydrogen-bond donors (Lipinski definition) is 1. The van der Waals surface area contributed by atoms with E-state index in [1.165, 1.54) is 0 Å². The van der Waals surface area contributed by atoms with Crippen LogP contribution in [0.15, 0.2) is 34.9 Å². The summed E-state index contributed by atoms with van der Waals surface area (Å²) in [5.74, 6) is -0.170. The summed E-state index contributed by atoms with van der Waals surface area (Å²) in [6.07, 6.45) is 1.77. The fourth-order valence-corrected chi connectivity index (χ4v) is 2.56. The molecule has 0 aliphatic heterocycles. The standard InChI is InChI=1S/C15H16BrClN2O/c1-9(2)19-8-11(17)7-13(19)15(20)18-12-6-4-5-10(3)14(12)16/h4-9H,1-3H3,(H,18,20). The Bertz CT molecular complexity index is 649. The maximum absolute atomic E-state index is 12.4. The molecule has 0 atom stereocenters. The highest BCUT2D eigenvalue weighted by Crippen LogP contribution is 2.27. The third-order valence-electron chi connectivity index (χ3n) is 3.04. The molecule has 1 heterocycles. The van der Waals surface area contributed by atoms with Gasteiger partial charge in [0, 0.05) is 16.7 Å². The molecule has 0 saturated carbocycles. The maximum Gasteiger partial charge on any atom is 0.272 e. The lowest BCUT2D eigenvalue weighted by atomic mass is 10.2. The van der Waals surface area contributed by atoms with Gasteiger partial charge in [-0.05, 0) is 54.4 Å². The van der Waals surface area contributed by atoms with Crippen molar-refractivity contribution in [1.29, 1.82) is 0 Å². The fraction of sp³-hybridized carbons (Fsp3) is 0.267. The van der Waals surface area contributed by atoms with Crippen LogP contribution in [0.25, 0.3) is 0 Å². The van der Waals surface area contributed by atoms with E-state index in [1.54, 1.807) is 12.3 Å². The van der Waals surface area contributed by atoms with Gasteiger partial charge in [0.05, 0.1) is 10.7 Å². The van der Waals surface area contributed by atoms with Gasteiger partial charge in [-0.1, -0.05) is 23.7 Å². The number of anilines is 1. The first-order chi connectivity index (χ1) is 9.40. The van der Waals surface area contributed by atoms with Crippen LogP contribution in [0.2, 0.25) is 5.02 Å². The highest BCUT2D eigenvalue weighted by molar-refractivity contribution is 9.10. The van der Waals surface area contributed by atoms with Crippen molar-refractivity contribution < 1.29 is 4.79 Å². The van der Waals surface area contributed by atoms with E-state index in [2.05, 4.69) is 21.2 Å². The van der Waals surface area contributed by atoms with Crippen molar-refractivity contribution >= 4 is 39.1 Å². The molecule has 1 N–H and O–H groups in total. The van der Waals surface area contributed by atoms with Gasteiger partial charge in [-0.3, -0.25) is 4.79 Å². The highest BCUT2D eigenvalue weighted by atomic mass is 79.9. The number of rotatable bonds is 3. The van der Waals surface area contributed by atoms with Crippen LogP contribution in [0.4, 0.5) is 5.69 Å². The number of halogens is 2. The number of carbonyl (C=O) groups excluding carboxylic acids is 1. The minimum atomic E-state index is -0.170. The summed E-state index contributed by atoms with van der Waals surface area (Å²) in [5, 5.41) is 3.47. The average Bonchev–Trinajstić information content (AvgIpc) is 2.77. The van der Waals surface area contributed by atoms with Crippen molar-refractivity contribution in [3.63, 3.8) is 0 Å². The SMILES string of the molecule is Cc1cccc(NC(=O)c2cc(Cl)cn2C(C)C)c1Br. The van der Waals surface area contributed by atoms with Crippen LogP contribution in [-0.2, 0) is 0 Å². The molecule has 2 aromatic rings. The second-order valence-corrected chi connectivity index (χ2v) is 6.16. The van der Waals surface area contributed by atoms with Gasteiger partial charge >= 0.3 is 0 Å². The lowest BCUT2D eigenvalue weighted by molar-refractivity contribution is 0.101. The summed E-state index contributed by atoms with van der Waals surface area (Å²) in [6, 6.07) is 7.60. The number of aryl methyl sites for hydroxylation is 1. The van der Waals surface area contributed by atoms with Crippen LogP contribution in [0.5, 0.6) is 0 Å². The Morgan fingerprint density at radius 3 is 2.75 bits per heavy atom. The van der Waals surface area contributed by atoms with Crippen LogP contribution in [0.3, 0.4) is 0 Å². The third kappa shape index (κ3) is 3.07. The maximum atomic E-state index is 12.4. The summed E-state index contributed by atoms with van der Waals surface area (Å²) < 4.78 is 2.75. The predicted octanol–water partition coefficient (Wildman–Crippen LogP) is 5.05. The fourth-order valence-electron chi connectivity index (χ4n) is 1.99. The van der Waals surface area contributed by atoms with Gasteiger partial charge in [0.25, 0.3) is 5.91 Å². The first kappa shape index (κ1) is 15.1. The molecular weight excluding hydrogens is 340 g/mol. The summed E-state index contributed by atoms with van der Waals surface area (Å²) in [7, 11) is 0. The molecule has 2 rings (SSSR count). The van der Waals surface area contributed by atoms with Crippen LogP contribution in [0, 0.1) is 6.92 Å². The Balaban J connectivity index is 2.31. The molecule has 0 unspecified atom stereocenters. The number of nitrogens with zero attached hydrogens (tertiary/aromatic N) is 1. The molecule has 5 heteroatoms. The topological polar surface area (TPSA) is 34.0 Å². The molecular formula is C15H16BrClN2O. The lowest BCUT2D eigenvalue weighted by Gasteiger charge is -2.13. The molecule has 0 saturated heterocycles. The second kappa shape index (κ2) is 6.02. The van der Waals surface area contributed by atoms with Gasteiger partial charge in [0.1, 0.15) is 5.69 Å². The normalized spacial score (nSPS) is 10.9. The third-order valence-corrected chi connectivity index (χ3v) is 4.30. The molecule has 0 aliphatic rings. The van der Waals surface area contributed by atoms with Gasteiger partial charge in [0.15, 0.2) is 0 Å². The molecule has 1 aromatic heterocycles. The van der Waals surface area contributed by atoms with Crippen LogP contribution in [0.1, 0.15) is 35.9 Å². The van der Waals surface area contributed by atoms with Crippen molar-refractivity contribution in [3.8, 4) is 0 Å². The lowest BCUT2D eigenvalue weighted by Crippen LogP contribution is -2.18. The molecule has 3 nitrogen and oxygen atoms in total. The number of hydrogen-bond acceptors (Lipinski definition) is 1. The number of amides is 1. The van der Waals surface area contributed by atoms with E-state index in [1.807, 2.05) is 43.5 Å². The molecule has 0 spiro atoms. The molecule has 1 amide bonds. The highest BCUT2D eigenvalue weighted by Gasteiger charge is 2.16. The molecule has 20 heavy (non-hydrogen) atoms. The van der Waals surface area contributed by atoms with Gasteiger partial charge in [-0.15, -0.1) is 0 Å². The number of benzene rings is 1. The van der Waals surface area contributed by atoms with Gasteiger partial charge in [0.2, 0.25) is 0 Å². The first-order valence-electron chi connectivity index (χ1n) is 6.34. The zero-order valence-electron chi connectivity index (χ0n) is 11.6. The number of aromatic nitrogens is 1. The smallest absolute Gasteiger partial charge is 0.272 e. The summed E-state index contributed by atoms with van der Waals surface area (Å²) in [5.41, 5.74) is 2.38. The van der Waals surface area contributed by atoms with Crippen LogP contribution < -0.4 is 5.32 Å². The largest absolute Gasteiger partial charge is 0.339 e. The molecule has 1 aromatic carbocycles. The van der Waals surface area contributed by atoms with E-state index in [0.717, 1.165) is 15.7 Å².